The number of aryl methyl sites for hydroxylation is 2. The Morgan fingerprint density at radius 2 is 1.86 bits per heavy atom. The quantitative estimate of drug-likeness (QED) is 0.915. The molecular weight excluding hydrogens is 321 g/mol. The Balaban J connectivity index is 0.00000161. The van der Waals surface area contributed by atoms with Gasteiger partial charge >= 0.3 is 0 Å². The number of sulfone groups is 1. The van der Waals surface area contributed by atoms with Crippen LogP contribution in [0.15, 0.2) is 52.3 Å². The number of hydrogen-bond acceptors (Lipinski definition) is 3. The van der Waals surface area contributed by atoms with Crippen molar-refractivity contribution >= 4 is 15.5 Å². The van der Waals surface area contributed by atoms with Gasteiger partial charge in [-0.25, -0.2) is 8.42 Å². The minimum absolute atomic E-state index is 0. The molecule has 1 N–H and O–H groups in total. The maximum absolute atomic E-state index is 12.7. The molecule has 0 bridgehead atoms. The molecule has 0 aromatic heterocycles. The molecule has 0 fully saturated rings. The minimum Gasteiger partial charge on any atom is -0.385 e. The van der Waals surface area contributed by atoms with Crippen molar-refractivity contribution in [2.75, 3.05) is 11.9 Å². The van der Waals surface area contributed by atoms with E-state index in [1.54, 1.807) is 18.2 Å². The summed E-state index contributed by atoms with van der Waals surface area (Å²) in [6, 6.07) is 12.5. The number of nitrogens with one attached hydrogen (secondary N) is 1. The van der Waals surface area contributed by atoms with Crippen LogP contribution in [0.5, 0.6) is 0 Å². The molecule has 0 amide bonds. The zero-order chi connectivity index (χ0) is 14.2. The molecule has 1 aliphatic heterocycles. The third-order valence-electron chi connectivity index (χ3n) is 3.71. The number of rotatable bonds is 2. The Hall–Kier alpha value is -1.23. The molecule has 0 unspecified atom stereocenters. The van der Waals surface area contributed by atoms with Crippen molar-refractivity contribution in [1.29, 1.82) is 0 Å². The van der Waals surface area contributed by atoms with Crippen molar-refractivity contribution in [3.8, 4) is 0 Å². The molecule has 2 aromatic rings. The topological polar surface area (TPSA) is 46.2 Å². The van der Waals surface area contributed by atoms with Crippen LogP contribution in [0.1, 0.15) is 17.5 Å². The van der Waals surface area contributed by atoms with Crippen LogP contribution in [0.2, 0.25) is 0 Å². The third kappa shape index (κ3) is 3.03. The van der Waals surface area contributed by atoms with E-state index in [1.165, 1.54) is 0 Å². The van der Waals surface area contributed by atoms with E-state index in [-0.39, 0.29) is 18.6 Å². The van der Waals surface area contributed by atoms with E-state index in [0.717, 1.165) is 36.2 Å². The summed E-state index contributed by atoms with van der Waals surface area (Å²) in [6.07, 6.45) is 1.97. The average molecular weight is 338 g/mol. The van der Waals surface area contributed by atoms with E-state index in [4.69, 9.17) is 0 Å². The molecule has 0 spiro atoms. The Bertz CT molecular complexity index is 757. The maximum Gasteiger partial charge on any atom is 0.206 e. The molecule has 3 nitrogen and oxygen atoms in total. The molecule has 0 aliphatic carbocycles. The van der Waals surface area contributed by atoms with Crippen LogP contribution in [0, 0.1) is 6.92 Å². The minimum atomic E-state index is -3.43. The van der Waals surface area contributed by atoms with E-state index in [9.17, 15) is 8.42 Å². The first-order valence-corrected chi connectivity index (χ1v) is 8.25. The third-order valence-corrected chi connectivity index (χ3v) is 5.62. The molecule has 1 radical (unpaired) electrons. The summed E-state index contributed by atoms with van der Waals surface area (Å²) in [6.45, 7) is 2.78. The summed E-state index contributed by atoms with van der Waals surface area (Å²) in [5.74, 6) is 0. The van der Waals surface area contributed by atoms with Crippen LogP contribution < -0.4 is 5.32 Å². The van der Waals surface area contributed by atoms with Crippen LogP contribution in [-0.4, -0.2) is 15.0 Å². The van der Waals surface area contributed by atoms with Crippen LogP contribution in [0.3, 0.4) is 0 Å². The number of anilines is 1. The van der Waals surface area contributed by atoms with Crippen molar-refractivity contribution in [1.82, 2.24) is 0 Å². The average Bonchev–Trinajstić information content (AvgIpc) is 2.47. The van der Waals surface area contributed by atoms with Crippen LogP contribution in [-0.2, 0) is 34.8 Å². The molecule has 0 saturated heterocycles. The molecule has 21 heavy (non-hydrogen) atoms. The van der Waals surface area contributed by atoms with E-state index in [0.29, 0.717) is 9.79 Å². The first kappa shape index (κ1) is 16.2. The molecular formula is C16H17NO2SV. The summed E-state index contributed by atoms with van der Waals surface area (Å²) in [7, 11) is -3.43. The van der Waals surface area contributed by atoms with Crippen LogP contribution >= 0.6 is 0 Å². The molecule has 2 aromatic carbocycles. The Morgan fingerprint density at radius 3 is 2.62 bits per heavy atom. The Morgan fingerprint density at radius 1 is 1.10 bits per heavy atom. The van der Waals surface area contributed by atoms with Gasteiger partial charge in [0.15, 0.2) is 0 Å². The first-order valence-electron chi connectivity index (χ1n) is 6.76. The van der Waals surface area contributed by atoms with Crippen molar-refractivity contribution in [3.05, 3.63) is 53.6 Å². The van der Waals surface area contributed by atoms with E-state index in [2.05, 4.69) is 5.32 Å². The Labute approximate surface area is 137 Å². The summed E-state index contributed by atoms with van der Waals surface area (Å²) >= 11 is 0. The van der Waals surface area contributed by atoms with Gasteiger partial charge in [-0.2, -0.15) is 0 Å². The second-order valence-corrected chi connectivity index (χ2v) is 7.04. The smallest absolute Gasteiger partial charge is 0.206 e. The zero-order valence-electron chi connectivity index (χ0n) is 11.8. The molecule has 3 rings (SSSR count). The van der Waals surface area contributed by atoms with E-state index < -0.39 is 9.84 Å². The monoisotopic (exact) mass is 338 g/mol. The van der Waals surface area contributed by atoms with Gasteiger partial charge in [-0.3, -0.25) is 0 Å². The van der Waals surface area contributed by atoms with Gasteiger partial charge in [-0.15, -0.1) is 0 Å². The van der Waals surface area contributed by atoms with Gasteiger partial charge in [0, 0.05) is 30.8 Å². The van der Waals surface area contributed by atoms with Crippen molar-refractivity contribution < 1.29 is 27.0 Å². The maximum atomic E-state index is 12.7. The van der Waals surface area contributed by atoms with E-state index >= 15 is 0 Å². The van der Waals surface area contributed by atoms with Gasteiger partial charge in [0.25, 0.3) is 0 Å². The molecule has 5 heteroatoms. The molecule has 0 saturated carbocycles. The van der Waals surface area contributed by atoms with Crippen molar-refractivity contribution in [3.63, 3.8) is 0 Å². The van der Waals surface area contributed by atoms with Gasteiger partial charge in [-0.05, 0) is 55.2 Å². The number of hydrogen-bond donors (Lipinski definition) is 1. The van der Waals surface area contributed by atoms with Gasteiger partial charge in [0.05, 0.1) is 9.79 Å². The second kappa shape index (κ2) is 6.26. The zero-order valence-corrected chi connectivity index (χ0v) is 14.0. The van der Waals surface area contributed by atoms with Gasteiger partial charge in [0.1, 0.15) is 0 Å². The summed E-state index contributed by atoms with van der Waals surface area (Å²) < 4.78 is 25.4. The fraction of sp³-hybridized carbons (Fsp3) is 0.250. The largest absolute Gasteiger partial charge is 0.385 e. The number of fused-ring (bicyclic) bond motifs is 1. The molecule has 0 atom stereocenters. The molecule has 1 aliphatic rings. The predicted octanol–water partition coefficient (Wildman–Crippen LogP) is 3.18. The summed E-state index contributed by atoms with van der Waals surface area (Å²) in [5.41, 5.74) is 2.93. The summed E-state index contributed by atoms with van der Waals surface area (Å²) in [4.78, 5) is 0.776. The van der Waals surface area contributed by atoms with Gasteiger partial charge in [-0.1, -0.05) is 18.2 Å². The first-order chi connectivity index (χ1) is 9.59. The second-order valence-electron chi connectivity index (χ2n) is 5.12. The predicted molar refractivity (Wildman–Crippen MR) is 79.9 cm³/mol. The summed E-state index contributed by atoms with van der Waals surface area (Å²) in [5, 5.41) is 3.30. The van der Waals surface area contributed by atoms with Crippen LogP contribution in [0.25, 0.3) is 0 Å². The Kier molecular flexibility index (Phi) is 4.82. The molecule has 109 valence electrons. The van der Waals surface area contributed by atoms with Crippen LogP contribution in [0.4, 0.5) is 5.69 Å². The standard InChI is InChI=1S/C16H17NO2S.V/c1-12-5-2-3-7-16(12)20(18,19)14-8-9-15-13(11-14)6-4-10-17-15;/h2-3,5,7-9,11,17H,4,6,10H2,1H3;. The van der Waals surface area contributed by atoms with E-state index in [1.807, 2.05) is 31.2 Å². The normalized spacial score (nSPS) is 13.8. The van der Waals surface area contributed by atoms with Gasteiger partial charge < -0.3 is 5.32 Å². The van der Waals surface area contributed by atoms with Crippen molar-refractivity contribution in [2.24, 2.45) is 0 Å². The SMILES string of the molecule is Cc1ccccc1S(=O)(=O)c1ccc2c(c1)CCCN2.[V]. The number of benzene rings is 2. The fourth-order valence-corrected chi connectivity index (χ4v) is 4.15. The van der Waals surface area contributed by atoms with Gasteiger partial charge in [0.2, 0.25) is 9.84 Å². The molecule has 1 heterocycles. The van der Waals surface area contributed by atoms with Crippen molar-refractivity contribution in [2.45, 2.75) is 29.6 Å². The fourth-order valence-electron chi connectivity index (χ4n) is 2.60.